The number of amidine groups is 1. The number of aliphatic imine (C=N–C) groups is 1. The molecule has 11 heteroatoms. The number of nitrogens with one attached hydrogen (secondary N) is 3. The Kier molecular flexibility index (Phi) is 5.89. The Balaban J connectivity index is 1.81. The highest BCUT2D eigenvalue weighted by atomic mass is 32.2. The zero-order valence-electron chi connectivity index (χ0n) is 15.5. The maximum atomic E-state index is 12.6. The third kappa shape index (κ3) is 5.55. The van der Waals surface area contributed by atoms with Gasteiger partial charge in [-0.1, -0.05) is 18.2 Å². The molecule has 3 rings (SSSR count). The molecule has 1 heterocycles. The molecule has 1 aliphatic heterocycles. The molecule has 1 amide bonds. The minimum Gasteiger partial charge on any atom is -0.322 e. The lowest BCUT2D eigenvalue weighted by Gasteiger charge is -2.12. The van der Waals surface area contributed by atoms with Gasteiger partial charge >= 0.3 is 0 Å². The lowest BCUT2D eigenvalue weighted by Crippen LogP contribution is -2.29. The van der Waals surface area contributed by atoms with Crippen LogP contribution in [0.1, 0.15) is 23.2 Å². The second-order valence-electron chi connectivity index (χ2n) is 6.44. The first kappa shape index (κ1) is 20.8. The van der Waals surface area contributed by atoms with Gasteiger partial charge in [-0.3, -0.25) is 19.2 Å². The van der Waals surface area contributed by atoms with Crippen molar-refractivity contribution in [2.45, 2.75) is 17.7 Å². The van der Waals surface area contributed by atoms with E-state index < -0.39 is 26.0 Å². The molecule has 29 heavy (non-hydrogen) atoms. The van der Waals surface area contributed by atoms with Crippen molar-refractivity contribution in [2.24, 2.45) is 4.99 Å². The van der Waals surface area contributed by atoms with Crippen molar-refractivity contribution in [1.82, 2.24) is 4.72 Å². The smallest absolute Gasteiger partial charge is 0.262 e. The Bertz CT molecular complexity index is 1170. The summed E-state index contributed by atoms with van der Waals surface area (Å²) in [5.74, 6) is -0.167. The Morgan fingerprint density at radius 1 is 1.00 bits per heavy atom. The minimum atomic E-state index is -3.82. The number of hydrogen-bond acceptors (Lipinski definition) is 6. The predicted octanol–water partition coefficient (Wildman–Crippen LogP) is 1.78. The van der Waals surface area contributed by atoms with Gasteiger partial charge < -0.3 is 5.32 Å². The molecule has 0 aromatic heterocycles. The van der Waals surface area contributed by atoms with Crippen molar-refractivity contribution in [2.75, 3.05) is 22.8 Å². The van der Waals surface area contributed by atoms with Crippen LogP contribution in [0.15, 0.2) is 58.4 Å². The number of sulfonamides is 2. The molecule has 0 bridgehead atoms. The van der Waals surface area contributed by atoms with E-state index in [1.54, 1.807) is 12.1 Å². The number of nitrogens with zero attached hydrogens (tertiary/aromatic N) is 1. The Hall–Kier alpha value is -2.92. The van der Waals surface area contributed by atoms with E-state index in [1.165, 1.54) is 36.4 Å². The number of hydrogen-bond donors (Lipinski definition) is 3. The predicted molar refractivity (Wildman–Crippen MR) is 111 cm³/mol. The van der Waals surface area contributed by atoms with E-state index in [0.29, 0.717) is 18.8 Å². The first-order valence-electron chi connectivity index (χ1n) is 8.68. The van der Waals surface area contributed by atoms with Crippen molar-refractivity contribution in [3.8, 4) is 0 Å². The lowest BCUT2D eigenvalue weighted by atomic mass is 10.1. The molecule has 154 valence electrons. The fraction of sp³-hybridized carbons (Fsp3) is 0.222. The summed E-state index contributed by atoms with van der Waals surface area (Å²) in [6.45, 7) is 0.592. The van der Waals surface area contributed by atoms with Gasteiger partial charge in [0.25, 0.3) is 15.9 Å². The number of para-hydroxylation sites is 1. The van der Waals surface area contributed by atoms with E-state index in [9.17, 15) is 21.6 Å². The minimum absolute atomic E-state index is 0.0209. The molecule has 0 saturated carbocycles. The highest BCUT2D eigenvalue weighted by Crippen LogP contribution is 2.20. The summed E-state index contributed by atoms with van der Waals surface area (Å²) in [5, 5.41) is 2.59. The van der Waals surface area contributed by atoms with Crippen LogP contribution in [0.5, 0.6) is 0 Å². The molecule has 1 aliphatic rings. The Labute approximate surface area is 169 Å². The van der Waals surface area contributed by atoms with Crippen LogP contribution in [0.4, 0.5) is 11.4 Å². The van der Waals surface area contributed by atoms with Gasteiger partial charge in [-0.15, -0.1) is 0 Å². The molecule has 0 radical (unpaired) electrons. The first-order valence-corrected chi connectivity index (χ1v) is 12.1. The van der Waals surface area contributed by atoms with Crippen LogP contribution in [-0.2, 0) is 20.0 Å². The fourth-order valence-electron chi connectivity index (χ4n) is 2.75. The average molecular weight is 437 g/mol. The molecule has 2 aromatic rings. The van der Waals surface area contributed by atoms with Crippen molar-refractivity contribution < 1.29 is 21.6 Å². The summed E-state index contributed by atoms with van der Waals surface area (Å²) >= 11 is 0. The van der Waals surface area contributed by atoms with E-state index in [0.717, 1.165) is 12.7 Å². The molecule has 0 fully saturated rings. The second-order valence-corrected chi connectivity index (χ2v) is 9.87. The number of amides is 1. The van der Waals surface area contributed by atoms with Crippen LogP contribution < -0.4 is 14.8 Å². The van der Waals surface area contributed by atoms with Crippen LogP contribution >= 0.6 is 0 Å². The monoisotopic (exact) mass is 436 g/mol. The second kappa shape index (κ2) is 8.21. The molecule has 0 saturated heterocycles. The summed E-state index contributed by atoms with van der Waals surface area (Å²) in [6.07, 6.45) is 2.35. The lowest BCUT2D eigenvalue weighted by molar-refractivity contribution is 0.102. The van der Waals surface area contributed by atoms with Gasteiger partial charge in [0.15, 0.2) is 0 Å². The standard InChI is InChI=1S/C18H20N4O5S2/c1-28(24,25)21-16-9-3-2-8-15(16)18(23)20-13-6-4-7-14(12-13)29(26,27)22-17-10-5-11-19-17/h2-4,6-9,12,21H,5,10-11H2,1H3,(H,19,22)(H,20,23). The molecule has 0 spiro atoms. The van der Waals surface area contributed by atoms with Crippen molar-refractivity contribution >= 4 is 43.2 Å². The third-order valence-electron chi connectivity index (χ3n) is 4.00. The van der Waals surface area contributed by atoms with Gasteiger partial charge in [-0.2, -0.15) is 0 Å². The first-order chi connectivity index (χ1) is 13.6. The van der Waals surface area contributed by atoms with Gasteiger partial charge in [-0.05, 0) is 36.8 Å². The highest BCUT2D eigenvalue weighted by Gasteiger charge is 2.19. The van der Waals surface area contributed by atoms with Gasteiger partial charge in [0.1, 0.15) is 5.84 Å². The van der Waals surface area contributed by atoms with Crippen molar-refractivity contribution in [3.63, 3.8) is 0 Å². The SMILES string of the molecule is CS(=O)(=O)Nc1ccccc1C(=O)Nc1cccc(S(=O)(=O)NC2=NCCC2)c1. The van der Waals surface area contributed by atoms with Crippen LogP contribution in [0.25, 0.3) is 0 Å². The molecule has 2 aromatic carbocycles. The van der Waals surface area contributed by atoms with E-state index in [2.05, 4.69) is 19.8 Å². The number of benzene rings is 2. The molecular formula is C18H20N4O5S2. The Morgan fingerprint density at radius 2 is 1.76 bits per heavy atom. The van der Waals surface area contributed by atoms with Gasteiger partial charge in [0.05, 0.1) is 22.4 Å². The fourth-order valence-corrected chi connectivity index (χ4v) is 4.46. The summed E-state index contributed by atoms with van der Waals surface area (Å²) < 4.78 is 52.8. The highest BCUT2D eigenvalue weighted by molar-refractivity contribution is 7.92. The van der Waals surface area contributed by atoms with Gasteiger partial charge in [-0.25, -0.2) is 16.8 Å². The molecule has 0 atom stereocenters. The molecular weight excluding hydrogens is 416 g/mol. The van der Waals surface area contributed by atoms with Gasteiger partial charge in [0.2, 0.25) is 10.0 Å². The summed E-state index contributed by atoms with van der Waals surface area (Å²) in [4.78, 5) is 16.7. The van der Waals surface area contributed by atoms with Crippen LogP contribution in [0, 0.1) is 0 Å². The van der Waals surface area contributed by atoms with E-state index in [4.69, 9.17) is 0 Å². The van der Waals surface area contributed by atoms with E-state index in [1.807, 2.05) is 0 Å². The Morgan fingerprint density at radius 3 is 2.45 bits per heavy atom. The number of carbonyl (C=O) groups is 1. The van der Waals surface area contributed by atoms with Crippen molar-refractivity contribution in [1.29, 1.82) is 0 Å². The van der Waals surface area contributed by atoms with Gasteiger partial charge in [0, 0.05) is 18.7 Å². The average Bonchev–Trinajstić information content (AvgIpc) is 3.13. The molecule has 3 N–H and O–H groups in total. The number of rotatable bonds is 6. The van der Waals surface area contributed by atoms with Crippen LogP contribution in [-0.4, -0.2) is 41.4 Å². The summed E-state index contributed by atoms with van der Waals surface area (Å²) in [6, 6.07) is 11.9. The topological polar surface area (TPSA) is 134 Å². The van der Waals surface area contributed by atoms with Crippen LogP contribution in [0.3, 0.4) is 0 Å². The quantitative estimate of drug-likeness (QED) is 0.635. The number of carbonyl (C=O) groups excluding carboxylic acids is 1. The van der Waals surface area contributed by atoms with Crippen LogP contribution in [0.2, 0.25) is 0 Å². The van der Waals surface area contributed by atoms with Crippen molar-refractivity contribution in [3.05, 3.63) is 54.1 Å². The molecule has 0 unspecified atom stereocenters. The number of anilines is 2. The van der Waals surface area contributed by atoms with E-state index >= 15 is 0 Å². The molecule has 0 aliphatic carbocycles. The van der Waals surface area contributed by atoms with E-state index in [-0.39, 0.29) is 21.8 Å². The zero-order valence-corrected chi connectivity index (χ0v) is 17.2. The molecule has 9 nitrogen and oxygen atoms in total. The normalized spacial score (nSPS) is 14.2. The maximum absolute atomic E-state index is 12.6. The summed E-state index contributed by atoms with van der Waals surface area (Å²) in [5.41, 5.74) is 0.474. The maximum Gasteiger partial charge on any atom is 0.262 e. The summed E-state index contributed by atoms with van der Waals surface area (Å²) in [7, 11) is -7.40. The zero-order chi connectivity index (χ0) is 21.1. The third-order valence-corrected chi connectivity index (χ3v) is 5.97. The largest absolute Gasteiger partial charge is 0.322 e.